The van der Waals surface area contributed by atoms with Gasteiger partial charge in [-0.3, -0.25) is 9.36 Å². The summed E-state index contributed by atoms with van der Waals surface area (Å²) in [5, 5.41) is 2.97. The molecule has 0 aliphatic carbocycles. The van der Waals surface area contributed by atoms with Crippen molar-refractivity contribution in [3.05, 3.63) is 47.1 Å². The molecular weight excluding hydrogens is 278 g/mol. The first kappa shape index (κ1) is 11.4. The van der Waals surface area contributed by atoms with Crippen LogP contribution in [0.2, 0.25) is 5.28 Å². The zero-order valence-electron chi connectivity index (χ0n) is 10.2. The lowest BCUT2D eigenvalue weighted by atomic mass is 10.1. The van der Waals surface area contributed by atoms with Gasteiger partial charge >= 0.3 is 0 Å². The molecule has 4 rings (SSSR count). The van der Waals surface area contributed by atoms with Gasteiger partial charge in [-0.25, -0.2) is 9.97 Å². The highest BCUT2D eigenvalue weighted by Gasteiger charge is 2.19. The zero-order chi connectivity index (χ0) is 13.7. The van der Waals surface area contributed by atoms with Crippen molar-refractivity contribution >= 4 is 28.7 Å². The van der Waals surface area contributed by atoms with Crippen molar-refractivity contribution in [2.75, 3.05) is 0 Å². The first-order chi connectivity index (χ1) is 9.72. The molecule has 1 amide bonds. The molecule has 98 valence electrons. The Kier molecular flexibility index (Phi) is 2.28. The summed E-state index contributed by atoms with van der Waals surface area (Å²) < 4.78 is 1.83. The molecule has 1 aromatic carbocycles. The molecule has 0 atom stereocenters. The molecule has 0 bridgehead atoms. The van der Waals surface area contributed by atoms with Gasteiger partial charge in [0.2, 0.25) is 5.28 Å². The number of amides is 1. The summed E-state index contributed by atoms with van der Waals surface area (Å²) in [7, 11) is 0. The van der Waals surface area contributed by atoms with Crippen LogP contribution in [0.15, 0.2) is 30.7 Å². The quantitative estimate of drug-likeness (QED) is 0.691. The Labute approximate surface area is 118 Å². The van der Waals surface area contributed by atoms with Crippen molar-refractivity contribution < 1.29 is 4.79 Å². The monoisotopic (exact) mass is 285 g/mol. The molecule has 1 aliphatic heterocycles. The minimum absolute atomic E-state index is 0.0348. The number of rotatable bonds is 1. The summed E-state index contributed by atoms with van der Waals surface area (Å²) in [5.41, 5.74) is 3.88. The van der Waals surface area contributed by atoms with E-state index in [0.29, 0.717) is 23.3 Å². The minimum Gasteiger partial charge on any atom is -0.348 e. The summed E-state index contributed by atoms with van der Waals surface area (Å²) in [6, 6.07) is 5.62. The molecule has 20 heavy (non-hydrogen) atoms. The van der Waals surface area contributed by atoms with E-state index in [9.17, 15) is 4.79 Å². The summed E-state index contributed by atoms with van der Waals surface area (Å²) in [6.45, 7) is 0.546. The Morgan fingerprint density at radius 1 is 1.30 bits per heavy atom. The largest absolute Gasteiger partial charge is 0.348 e. The third kappa shape index (κ3) is 1.58. The summed E-state index contributed by atoms with van der Waals surface area (Å²) in [5.74, 6) is -0.0348. The number of halogens is 1. The third-order valence-corrected chi connectivity index (χ3v) is 3.49. The molecule has 0 fully saturated rings. The van der Waals surface area contributed by atoms with Crippen molar-refractivity contribution in [1.29, 1.82) is 0 Å². The number of hydrogen-bond donors (Lipinski definition) is 1. The molecule has 0 saturated carbocycles. The molecule has 7 heteroatoms. The fourth-order valence-corrected chi connectivity index (χ4v) is 2.47. The van der Waals surface area contributed by atoms with Gasteiger partial charge in [0.1, 0.15) is 11.8 Å². The van der Waals surface area contributed by atoms with Crippen LogP contribution in [0, 0.1) is 0 Å². The molecule has 0 unspecified atom stereocenters. The van der Waals surface area contributed by atoms with Crippen LogP contribution >= 0.6 is 11.6 Å². The summed E-state index contributed by atoms with van der Waals surface area (Å²) in [6.07, 6.45) is 3.25. The molecule has 0 saturated heterocycles. The number of carbonyl (C=O) groups excluding carboxylic acids is 1. The van der Waals surface area contributed by atoms with E-state index in [1.54, 1.807) is 12.5 Å². The van der Waals surface area contributed by atoms with Crippen molar-refractivity contribution in [2.45, 2.75) is 6.54 Å². The predicted molar refractivity (Wildman–Crippen MR) is 72.8 cm³/mol. The van der Waals surface area contributed by atoms with E-state index in [1.165, 1.54) is 0 Å². The van der Waals surface area contributed by atoms with Crippen LogP contribution < -0.4 is 5.32 Å². The van der Waals surface area contributed by atoms with Crippen LogP contribution in [-0.4, -0.2) is 25.4 Å². The van der Waals surface area contributed by atoms with E-state index in [0.717, 1.165) is 11.3 Å². The van der Waals surface area contributed by atoms with Gasteiger partial charge in [0.25, 0.3) is 5.91 Å². The van der Waals surface area contributed by atoms with Crippen LogP contribution in [0.5, 0.6) is 0 Å². The normalized spacial score (nSPS) is 13.6. The highest BCUT2D eigenvalue weighted by atomic mass is 35.5. The molecule has 6 nitrogen and oxygen atoms in total. The number of hydrogen-bond acceptors (Lipinski definition) is 4. The molecule has 3 heterocycles. The second kappa shape index (κ2) is 4.01. The van der Waals surface area contributed by atoms with Gasteiger partial charge in [-0.05, 0) is 35.4 Å². The first-order valence-corrected chi connectivity index (χ1v) is 6.37. The molecule has 2 aromatic heterocycles. The van der Waals surface area contributed by atoms with Gasteiger partial charge in [-0.15, -0.1) is 0 Å². The van der Waals surface area contributed by atoms with E-state index >= 15 is 0 Å². The third-order valence-electron chi connectivity index (χ3n) is 3.31. The fraction of sp³-hybridized carbons (Fsp3) is 0.0769. The second-order valence-electron chi connectivity index (χ2n) is 4.49. The number of aromatic nitrogens is 4. The Bertz CT molecular complexity index is 857. The van der Waals surface area contributed by atoms with Gasteiger partial charge in [0, 0.05) is 17.8 Å². The van der Waals surface area contributed by atoms with E-state index in [1.807, 2.05) is 22.8 Å². The molecule has 1 N–H and O–H groups in total. The number of fused-ring (bicyclic) bond motifs is 2. The zero-order valence-corrected chi connectivity index (χ0v) is 10.9. The number of carbonyl (C=O) groups is 1. The highest BCUT2D eigenvalue weighted by molar-refractivity contribution is 6.28. The van der Waals surface area contributed by atoms with E-state index < -0.39 is 0 Å². The summed E-state index contributed by atoms with van der Waals surface area (Å²) >= 11 is 5.83. The van der Waals surface area contributed by atoms with Crippen LogP contribution in [0.1, 0.15) is 15.9 Å². The number of imidazole rings is 1. The van der Waals surface area contributed by atoms with E-state index in [2.05, 4.69) is 20.3 Å². The van der Waals surface area contributed by atoms with Crippen molar-refractivity contribution in [3.8, 4) is 5.69 Å². The number of benzene rings is 1. The standard InChI is InChI=1S/C13H8ClN5O/c14-13-16-5-10-11(18-13)19(6-17-10)8-1-2-9-7(3-8)4-15-12(9)20/h1-3,5-6H,4H2,(H,15,20). The molecule has 0 radical (unpaired) electrons. The molecule has 1 aliphatic rings. The van der Waals surface area contributed by atoms with Crippen molar-refractivity contribution in [3.63, 3.8) is 0 Å². The average molecular weight is 286 g/mol. The average Bonchev–Trinajstić information content (AvgIpc) is 3.02. The van der Waals surface area contributed by atoms with Crippen LogP contribution in [0.25, 0.3) is 16.9 Å². The van der Waals surface area contributed by atoms with E-state index in [4.69, 9.17) is 11.6 Å². The van der Waals surface area contributed by atoms with Crippen molar-refractivity contribution in [1.82, 2.24) is 24.8 Å². The molecular formula is C13H8ClN5O. The number of nitrogens with one attached hydrogen (secondary N) is 1. The molecule has 0 spiro atoms. The van der Waals surface area contributed by atoms with Crippen LogP contribution in [0.3, 0.4) is 0 Å². The van der Waals surface area contributed by atoms with Gasteiger partial charge in [-0.2, -0.15) is 4.98 Å². The lowest BCUT2D eigenvalue weighted by Crippen LogP contribution is -2.12. The fourth-order valence-electron chi connectivity index (χ4n) is 2.35. The Morgan fingerprint density at radius 2 is 2.20 bits per heavy atom. The maximum absolute atomic E-state index is 11.6. The van der Waals surface area contributed by atoms with Crippen molar-refractivity contribution in [2.24, 2.45) is 0 Å². The lowest BCUT2D eigenvalue weighted by Gasteiger charge is -2.05. The smallest absolute Gasteiger partial charge is 0.251 e. The maximum Gasteiger partial charge on any atom is 0.251 e. The lowest BCUT2D eigenvalue weighted by molar-refractivity contribution is 0.0966. The second-order valence-corrected chi connectivity index (χ2v) is 4.82. The van der Waals surface area contributed by atoms with Gasteiger partial charge in [-0.1, -0.05) is 0 Å². The van der Waals surface area contributed by atoms with Gasteiger partial charge in [0.15, 0.2) is 5.65 Å². The van der Waals surface area contributed by atoms with Crippen LogP contribution in [0.4, 0.5) is 0 Å². The summed E-state index contributed by atoms with van der Waals surface area (Å²) in [4.78, 5) is 23.9. The topological polar surface area (TPSA) is 72.7 Å². The Morgan fingerprint density at radius 3 is 3.10 bits per heavy atom. The first-order valence-electron chi connectivity index (χ1n) is 5.99. The van der Waals surface area contributed by atoms with Gasteiger partial charge < -0.3 is 5.32 Å². The Balaban J connectivity index is 1.91. The minimum atomic E-state index is -0.0348. The van der Waals surface area contributed by atoms with Gasteiger partial charge in [0.05, 0.1) is 6.20 Å². The predicted octanol–water partition coefficient (Wildman–Crippen LogP) is 1.71. The SMILES string of the molecule is O=C1NCc2cc(-n3cnc4cnc(Cl)nc43)ccc21. The Hall–Kier alpha value is -2.47. The maximum atomic E-state index is 11.6. The molecule has 3 aromatic rings. The van der Waals surface area contributed by atoms with E-state index in [-0.39, 0.29) is 11.2 Å². The number of nitrogens with zero attached hydrogens (tertiary/aromatic N) is 4. The van der Waals surface area contributed by atoms with Crippen LogP contribution in [-0.2, 0) is 6.54 Å². The highest BCUT2D eigenvalue weighted by Crippen LogP contribution is 2.22.